The topological polar surface area (TPSA) is 84.5 Å². The van der Waals surface area contributed by atoms with Crippen molar-refractivity contribution in [2.45, 2.75) is 50.1 Å². The lowest BCUT2D eigenvalue weighted by atomic mass is 9.86. The Morgan fingerprint density at radius 2 is 1.69 bits per heavy atom. The van der Waals surface area contributed by atoms with Crippen LogP contribution < -0.4 is 14.8 Å². The van der Waals surface area contributed by atoms with E-state index in [9.17, 15) is 13.2 Å². The highest BCUT2D eigenvalue weighted by Gasteiger charge is 2.23. The molecule has 1 saturated carbocycles. The van der Waals surface area contributed by atoms with Gasteiger partial charge in [0.1, 0.15) is 5.75 Å². The van der Waals surface area contributed by atoms with Crippen molar-refractivity contribution in [1.29, 1.82) is 0 Å². The fraction of sp³-hybridized carbons (Fsp3) is 0.409. The summed E-state index contributed by atoms with van der Waals surface area (Å²) < 4.78 is 32.5. The third-order valence-electron chi connectivity index (χ3n) is 5.48. The van der Waals surface area contributed by atoms with Gasteiger partial charge in [-0.1, -0.05) is 31.9 Å². The van der Waals surface area contributed by atoms with Gasteiger partial charge in [0.05, 0.1) is 12.0 Å². The highest BCUT2D eigenvalue weighted by molar-refractivity contribution is 7.89. The number of benzene rings is 2. The quantitative estimate of drug-likeness (QED) is 0.724. The molecular weight excluding hydrogens is 388 g/mol. The molecule has 2 aromatic rings. The summed E-state index contributed by atoms with van der Waals surface area (Å²) in [4.78, 5) is 12.7. The van der Waals surface area contributed by atoms with Gasteiger partial charge < -0.3 is 10.1 Å². The van der Waals surface area contributed by atoms with Crippen molar-refractivity contribution in [3.63, 3.8) is 0 Å². The Labute approximate surface area is 172 Å². The zero-order chi connectivity index (χ0) is 20.9. The summed E-state index contributed by atoms with van der Waals surface area (Å²) in [6.45, 7) is 2.33. The molecule has 2 aromatic carbocycles. The molecule has 29 heavy (non-hydrogen) atoms. The van der Waals surface area contributed by atoms with Gasteiger partial charge in [0, 0.05) is 18.2 Å². The molecule has 1 amide bonds. The normalized spacial score (nSPS) is 19.5. The van der Waals surface area contributed by atoms with Crippen molar-refractivity contribution in [1.82, 2.24) is 10.0 Å². The van der Waals surface area contributed by atoms with E-state index in [0.29, 0.717) is 17.2 Å². The summed E-state index contributed by atoms with van der Waals surface area (Å²) in [6, 6.07) is 13.5. The largest absolute Gasteiger partial charge is 0.497 e. The lowest BCUT2D eigenvalue weighted by Gasteiger charge is -2.29. The van der Waals surface area contributed by atoms with E-state index in [1.165, 1.54) is 25.7 Å². The molecule has 0 radical (unpaired) electrons. The van der Waals surface area contributed by atoms with Gasteiger partial charge >= 0.3 is 0 Å². The highest BCUT2D eigenvalue weighted by Crippen LogP contribution is 2.24. The second kappa shape index (κ2) is 9.41. The number of ether oxygens (including phenoxy) is 1. The molecule has 2 N–H and O–H groups in total. The SMILES string of the molecule is COc1ccc(S(=O)(=O)NCc2ccc(C(=O)N[C@@H]3CCCC[C@@H]3C)cc2)cc1. The molecule has 0 spiro atoms. The van der Waals surface area contributed by atoms with Crippen LogP contribution in [-0.4, -0.2) is 27.5 Å². The van der Waals surface area contributed by atoms with Crippen LogP contribution in [0.2, 0.25) is 0 Å². The van der Waals surface area contributed by atoms with Gasteiger partial charge in [-0.2, -0.15) is 0 Å². The van der Waals surface area contributed by atoms with Gasteiger partial charge in [-0.05, 0) is 60.7 Å². The number of carbonyl (C=O) groups excluding carboxylic acids is 1. The number of amides is 1. The Morgan fingerprint density at radius 3 is 2.31 bits per heavy atom. The van der Waals surface area contributed by atoms with Gasteiger partial charge in [-0.25, -0.2) is 13.1 Å². The number of sulfonamides is 1. The molecule has 6 nitrogen and oxygen atoms in total. The molecule has 0 heterocycles. The second-order valence-corrected chi connectivity index (χ2v) is 9.31. The van der Waals surface area contributed by atoms with Crippen LogP contribution in [0.4, 0.5) is 0 Å². The predicted molar refractivity (Wildman–Crippen MR) is 112 cm³/mol. The van der Waals surface area contributed by atoms with Gasteiger partial charge in [-0.3, -0.25) is 4.79 Å². The molecule has 0 saturated heterocycles. The minimum absolute atomic E-state index is 0.0749. The van der Waals surface area contributed by atoms with Crippen LogP contribution in [0, 0.1) is 5.92 Å². The molecule has 1 aliphatic carbocycles. The summed E-state index contributed by atoms with van der Waals surface area (Å²) in [7, 11) is -2.09. The Morgan fingerprint density at radius 1 is 1.03 bits per heavy atom. The minimum atomic E-state index is -3.62. The summed E-state index contributed by atoms with van der Waals surface area (Å²) in [6.07, 6.45) is 4.56. The molecule has 1 aliphatic rings. The monoisotopic (exact) mass is 416 g/mol. The van der Waals surface area contributed by atoms with E-state index in [1.54, 1.807) is 36.4 Å². The van der Waals surface area contributed by atoms with Gasteiger partial charge in [0.15, 0.2) is 0 Å². The molecule has 7 heteroatoms. The maximum Gasteiger partial charge on any atom is 0.251 e. The Kier molecular flexibility index (Phi) is 6.92. The fourth-order valence-electron chi connectivity index (χ4n) is 3.57. The van der Waals surface area contributed by atoms with E-state index < -0.39 is 10.0 Å². The van der Waals surface area contributed by atoms with E-state index in [1.807, 2.05) is 0 Å². The summed E-state index contributed by atoms with van der Waals surface area (Å²) in [5, 5.41) is 3.13. The summed E-state index contributed by atoms with van der Waals surface area (Å²) >= 11 is 0. The van der Waals surface area contributed by atoms with Crippen LogP contribution >= 0.6 is 0 Å². The van der Waals surface area contributed by atoms with Crippen LogP contribution in [0.15, 0.2) is 53.4 Å². The minimum Gasteiger partial charge on any atom is -0.497 e. The van der Waals surface area contributed by atoms with Crippen LogP contribution in [-0.2, 0) is 16.6 Å². The molecule has 0 aromatic heterocycles. The molecule has 1 fully saturated rings. The van der Waals surface area contributed by atoms with E-state index in [4.69, 9.17) is 4.74 Å². The maximum absolute atomic E-state index is 12.5. The van der Waals surface area contributed by atoms with Crippen LogP contribution in [0.1, 0.15) is 48.5 Å². The first-order valence-electron chi connectivity index (χ1n) is 9.92. The number of nitrogens with one attached hydrogen (secondary N) is 2. The Bertz CT molecular complexity index is 924. The van der Waals surface area contributed by atoms with Crippen LogP contribution in [0.25, 0.3) is 0 Å². The molecule has 0 unspecified atom stereocenters. The average Bonchev–Trinajstić information content (AvgIpc) is 2.74. The van der Waals surface area contributed by atoms with Crippen molar-refractivity contribution in [2.24, 2.45) is 5.92 Å². The summed E-state index contributed by atoms with van der Waals surface area (Å²) in [5.74, 6) is 1.02. The van der Waals surface area contributed by atoms with Crippen molar-refractivity contribution < 1.29 is 17.9 Å². The third-order valence-corrected chi connectivity index (χ3v) is 6.90. The van der Waals surface area contributed by atoms with Crippen molar-refractivity contribution in [2.75, 3.05) is 7.11 Å². The van der Waals surface area contributed by atoms with E-state index in [0.717, 1.165) is 24.8 Å². The van der Waals surface area contributed by atoms with Crippen LogP contribution in [0.3, 0.4) is 0 Å². The number of carbonyl (C=O) groups is 1. The number of rotatable bonds is 7. The Hall–Kier alpha value is -2.38. The van der Waals surface area contributed by atoms with Crippen molar-refractivity contribution in [3.05, 3.63) is 59.7 Å². The van der Waals surface area contributed by atoms with Gasteiger partial charge in [0.25, 0.3) is 5.91 Å². The lowest BCUT2D eigenvalue weighted by Crippen LogP contribution is -2.41. The van der Waals surface area contributed by atoms with Gasteiger partial charge in [-0.15, -0.1) is 0 Å². The fourth-order valence-corrected chi connectivity index (χ4v) is 4.59. The predicted octanol–water partition coefficient (Wildman–Crippen LogP) is 3.48. The Balaban J connectivity index is 1.57. The first-order chi connectivity index (χ1) is 13.9. The van der Waals surface area contributed by atoms with Crippen molar-refractivity contribution in [3.8, 4) is 5.75 Å². The van der Waals surface area contributed by atoms with E-state index in [2.05, 4.69) is 17.0 Å². The zero-order valence-corrected chi connectivity index (χ0v) is 17.7. The lowest BCUT2D eigenvalue weighted by molar-refractivity contribution is 0.0910. The van der Waals surface area contributed by atoms with E-state index in [-0.39, 0.29) is 23.4 Å². The number of hydrogen-bond donors (Lipinski definition) is 2. The van der Waals surface area contributed by atoms with Crippen molar-refractivity contribution >= 4 is 15.9 Å². The smallest absolute Gasteiger partial charge is 0.251 e. The first kappa shape index (κ1) is 21.3. The zero-order valence-electron chi connectivity index (χ0n) is 16.9. The highest BCUT2D eigenvalue weighted by atomic mass is 32.2. The number of hydrogen-bond acceptors (Lipinski definition) is 4. The average molecular weight is 417 g/mol. The van der Waals surface area contributed by atoms with Gasteiger partial charge in [0.2, 0.25) is 10.0 Å². The summed E-state index contributed by atoms with van der Waals surface area (Å²) in [5.41, 5.74) is 1.37. The third kappa shape index (κ3) is 5.58. The molecule has 0 bridgehead atoms. The second-order valence-electron chi connectivity index (χ2n) is 7.54. The van der Waals surface area contributed by atoms with E-state index >= 15 is 0 Å². The number of methoxy groups -OCH3 is 1. The van der Waals surface area contributed by atoms with Crippen LogP contribution in [0.5, 0.6) is 5.75 Å². The standard InChI is InChI=1S/C22H28N2O4S/c1-16-5-3-4-6-21(16)24-22(25)18-9-7-17(8-10-18)15-23-29(26,27)20-13-11-19(28-2)12-14-20/h7-14,16,21,23H,3-6,15H2,1-2H3,(H,24,25)/t16-,21+/m0/s1. The molecule has 2 atom stereocenters. The first-order valence-corrected chi connectivity index (χ1v) is 11.4. The molecule has 0 aliphatic heterocycles. The molecular formula is C22H28N2O4S. The molecule has 156 valence electrons. The molecule has 3 rings (SSSR count). The maximum atomic E-state index is 12.5.